The van der Waals surface area contributed by atoms with Crippen molar-refractivity contribution in [3.05, 3.63) is 0 Å². The lowest BCUT2D eigenvalue weighted by atomic mass is 10.00. The van der Waals surface area contributed by atoms with E-state index in [-0.39, 0.29) is 31.1 Å². The maximum Gasteiger partial charge on any atom is 0.306 e. The summed E-state index contributed by atoms with van der Waals surface area (Å²) in [5, 5.41) is 0. The summed E-state index contributed by atoms with van der Waals surface area (Å²) in [6.45, 7) is 11.4. The molecule has 6 nitrogen and oxygen atoms in total. The van der Waals surface area contributed by atoms with Crippen LogP contribution in [0.3, 0.4) is 0 Å². The molecular formula is C60H116O6. The zero-order valence-corrected chi connectivity index (χ0v) is 45.3. The zero-order valence-electron chi connectivity index (χ0n) is 45.3. The molecule has 0 aliphatic rings. The molecule has 0 N–H and O–H groups in total. The highest BCUT2D eigenvalue weighted by molar-refractivity contribution is 5.71. The second-order valence-corrected chi connectivity index (χ2v) is 21.4. The van der Waals surface area contributed by atoms with Crippen LogP contribution in [0.25, 0.3) is 0 Å². The molecule has 0 aromatic carbocycles. The van der Waals surface area contributed by atoms with Crippen molar-refractivity contribution in [3.8, 4) is 0 Å². The van der Waals surface area contributed by atoms with E-state index in [2.05, 4.69) is 34.6 Å². The third-order valence-electron chi connectivity index (χ3n) is 14.1. The largest absolute Gasteiger partial charge is 0.462 e. The standard InChI is InChI=1S/C60H116O6/c1-6-8-9-10-11-12-13-14-15-16-17-18-22-25-28-31-34-40-45-50-58(61)64-53-57(54-65-59(62)51-46-41-37-36-39-44-49-56(5)7-2)66-60(63)52-47-42-35-32-29-26-23-20-19-21-24-27-30-33-38-43-48-55(3)4/h55-57H,6-54H2,1-5H3/t56?,57-/m0/s1. The monoisotopic (exact) mass is 933 g/mol. The number of carbonyl (C=O) groups is 3. The van der Waals surface area contributed by atoms with Gasteiger partial charge in [0.1, 0.15) is 13.2 Å². The molecule has 392 valence electrons. The van der Waals surface area contributed by atoms with Gasteiger partial charge in [0.05, 0.1) is 0 Å². The van der Waals surface area contributed by atoms with Crippen molar-refractivity contribution in [1.29, 1.82) is 0 Å². The smallest absolute Gasteiger partial charge is 0.306 e. The molecule has 0 amide bonds. The number of rotatable bonds is 54. The van der Waals surface area contributed by atoms with Gasteiger partial charge in [-0.15, -0.1) is 0 Å². The maximum absolute atomic E-state index is 12.9. The molecular weight excluding hydrogens is 817 g/mol. The van der Waals surface area contributed by atoms with E-state index < -0.39 is 6.10 Å². The third kappa shape index (κ3) is 51.8. The van der Waals surface area contributed by atoms with Gasteiger partial charge < -0.3 is 14.2 Å². The molecule has 0 bridgehead atoms. The third-order valence-corrected chi connectivity index (χ3v) is 14.1. The first-order chi connectivity index (χ1) is 32.3. The molecule has 66 heavy (non-hydrogen) atoms. The van der Waals surface area contributed by atoms with Gasteiger partial charge in [-0.2, -0.15) is 0 Å². The Bertz CT molecular complexity index is 1010. The highest BCUT2D eigenvalue weighted by atomic mass is 16.6. The van der Waals surface area contributed by atoms with Crippen LogP contribution < -0.4 is 0 Å². The lowest BCUT2D eigenvalue weighted by molar-refractivity contribution is -0.167. The number of ether oxygens (including phenoxy) is 3. The minimum absolute atomic E-state index is 0.0633. The summed E-state index contributed by atoms with van der Waals surface area (Å²) in [5.41, 5.74) is 0. The second-order valence-electron chi connectivity index (χ2n) is 21.4. The van der Waals surface area contributed by atoms with Crippen LogP contribution in [-0.2, 0) is 28.6 Å². The Morgan fingerprint density at radius 1 is 0.318 bits per heavy atom. The van der Waals surface area contributed by atoms with E-state index in [4.69, 9.17) is 14.2 Å². The van der Waals surface area contributed by atoms with E-state index in [0.717, 1.165) is 69.6 Å². The predicted molar refractivity (Wildman–Crippen MR) is 284 cm³/mol. The van der Waals surface area contributed by atoms with Gasteiger partial charge in [0.15, 0.2) is 6.10 Å². The molecule has 2 atom stereocenters. The molecule has 1 unspecified atom stereocenters. The Labute approximate surface area is 412 Å². The molecule has 0 aromatic heterocycles. The van der Waals surface area contributed by atoms with Crippen molar-refractivity contribution in [1.82, 2.24) is 0 Å². The van der Waals surface area contributed by atoms with Crippen LogP contribution in [0.5, 0.6) is 0 Å². The molecule has 0 aliphatic heterocycles. The Balaban J connectivity index is 4.23. The summed E-state index contributed by atoms with van der Waals surface area (Å²) >= 11 is 0. The zero-order chi connectivity index (χ0) is 48.2. The fourth-order valence-electron chi connectivity index (χ4n) is 9.20. The molecule has 0 saturated heterocycles. The first kappa shape index (κ1) is 64.4. The van der Waals surface area contributed by atoms with Crippen molar-refractivity contribution in [3.63, 3.8) is 0 Å². The van der Waals surface area contributed by atoms with Gasteiger partial charge >= 0.3 is 17.9 Å². The average Bonchev–Trinajstić information content (AvgIpc) is 3.30. The SMILES string of the molecule is CCCCCCCCCCCCCCCCCCCCCC(=O)OC[C@@H](COC(=O)CCCCCCCCC(C)CC)OC(=O)CCCCCCCCCCCCCCCCCCC(C)C. The van der Waals surface area contributed by atoms with Crippen LogP contribution in [0.15, 0.2) is 0 Å². The molecule has 0 radical (unpaired) electrons. The van der Waals surface area contributed by atoms with E-state index in [1.165, 1.54) is 225 Å². The van der Waals surface area contributed by atoms with Crippen LogP contribution in [-0.4, -0.2) is 37.2 Å². The van der Waals surface area contributed by atoms with E-state index >= 15 is 0 Å². The molecule has 6 heteroatoms. The van der Waals surface area contributed by atoms with Crippen molar-refractivity contribution in [2.45, 2.75) is 343 Å². The van der Waals surface area contributed by atoms with Crippen molar-refractivity contribution in [2.24, 2.45) is 11.8 Å². The van der Waals surface area contributed by atoms with Gasteiger partial charge in [-0.05, 0) is 31.1 Å². The first-order valence-electron chi connectivity index (χ1n) is 29.8. The van der Waals surface area contributed by atoms with Crippen LogP contribution in [0.2, 0.25) is 0 Å². The van der Waals surface area contributed by atoms with Crippen molar-refractivity contribution < 1.29 is 28.6 Å². The summed E-state index contributed by atoms with van der Waals surface area (Å²) in [5.74, 6) is 0.824. The Kier molecular flexibility index (Phi) is 51.5. The summed E-state index contributed by atoms with van der Waals surface area (Å²) in [6, 6.07) is 0. The lowest BCUT2D eigenvalue weighted by Crippen LogP contribution is -2.30. The number of hydrogen-bond acceptors (Lipinski definition) is 6. The fraction of sp³-hybridized carbons (Fsp3) is 0.950. The Morgan fingerprint density at radius 3 is 0.864 bits per heavy atom. The number of hydrogen-bond donors (Lipinski definition) is 0. The maximum atomic E-state index is 12.9. The van der Waals surface area contributed by atoms with Crippen molar-refractivity contribution >= 4 is 17.9 Å². The molecule has 0 fully saturated rings. The predicted octanol–water partition coefficient (Wildman–Crippen LogP) is 19.7. The van der Waals surface area contributed by atoms with Gasteiger partial charge in [-0.25, -0.2) is 0 Å². The number of unbranched alkanes of at least 4 members (excludes halogenated alkanes) is 38. The molecule has 0 saturated carbocycles. The van der Waals surface area contributed by atoms with Gasteiger partial charge in [0.2, 0.25) is 0 Å². The molecule has 0 aromatic rings. The lowest BCUT2D eigenvalue weighted by Gasteiger charge is -2.18. The highest BCUT2D eigenvalue weighted by Crippen LogP contribution is 2.19. The highest BCUT2D eigenvalue weighted by Gasteiger charge is 2.19. The van der Waals surface area contributed by atoms with Crippen LogP contribution in [0, 0.1) is 11.8 Å². The Morgan fingerprint density at radius 2 is 0.576 bits per heavy atom. The molecule has 0 aliphatic carbocycles. The normalized spacial score (nSPS) is 12.5. The second kappa shape index (κ2) is 52.8. The summed E-state index contributed by atoms with van der Waals surface area (Å²) in [6.07, 6.45) is 56.8. The van der Waals surface area contributed by atoms with E-state index in [9.17, 15) is 14.4 Å². The van der Waals surface area contributed by atoms with E-state index in [0.29, 0.717) is 19.3 Å². The summed E-state index contributed by atoms with van der Waals surface area (Å²) in [7, 11) is 0. The van der Waals surface area contributed by atoms with Gasteiger partial charge in [0.25, 0.3) is 0 Å². The fourth-order valence-corrected chi connectivity index (χ4v) is 9.20. The molecule has 0 spiro atoms. The molecule has 0 rings (SSSR count). The minimum Gasteiger partial charge on any atom is -0.462 e. The minimum atomic E-state index is -0.763. The number of carbonyl (C=O) groups excluding carboxylic acids is 3. The van der Waals surface area contributed by atoms with Crippen molar-refractivity contribution in [2.75, 3.05) is 13.2 Å². The van der Waals surface area contributed by atoms with Gasteiger partial charge in [-0.3, -0.25) is 14.4 Å². The topological polar surface area (TPSA) is 78.9 Å². The molecule has 0 heterocycles. The van der Waals surface area contributed by atoms with E-state index in [1.54, 1.807) is 0 Å². The van der Waals surface area contributed by atoms with Gasteiger partial charge in [-0.1, -0.05) is 298 Å². The quantitative estimate of drug-likeness (QED) is 0.0343. The van der Waals surface area contributed by atoms with Gasteiger partial charge in [0, 0.05) is 19.3 Å². The summed E-state index contributed by atoms with van der Waals surface area (Å²) < 4.78 is 16.9. The van der Waals surface area contributed by atoms with Crippen LogP contribution in [0.1, 0.15) is 336 Å². The number of esters is 3. The van der Waals surface area contributed by atoms with Crippen LogP contribution in [0.4, 0.5) is 0 Å². The van der Waals surface area contributed by atoms with Crippen LogP contribution >= 0.6 is 0 Å². The Hall–Kier alpha value is -1.59. The summed E-state index contributed by atoms with van der Waals surface area (Å²) in [4.78, 5) is 38.1. The first-order valence-corrected chi connectivity index (χ1v) is 29.8. The van der Waals surface area contributed by atoms with E-state index in [1.807, 2.05) is 0 Å². The average molecular weight is 934 g/mol.